The van der Waals surface area contributed by atoms with E-state index in [-0.39, 0.29) is 19.4 Å². The first-order valence-corrected chi connectivity index (χ1v) is 10.2. The lowest BCUT2D eigenvalue weighted by atomic mass is 10.0. The molecule has 0 aliphatic rings. The maximum Gasteiger partial charge on any atom is 0.325 e. The van der Waals surface area contributed by atoms with Gasteiger partial charge >= 0.3 is 11.9 Å². The number of carbonyl (C=O) groups is 5. The Morgan fingerprint density at radius 1 is 1.00 bits per heavy atom. The minimum atomic E-state index is -1.32. The number of hydrogen-bond donors (Lipinski definition) is 7. The van der Waals surface area contributed by atoms with E-state index >= 15 is 0 Å². The summed E-state index contributed by atoms with van der Waals surface area (Å²) in [5, 5.41) is 26.0. The summed E-state index contributed by atoms with van der Waals surface area (Å²) in [6, 6.07) is 3.67. The van der Waals surface area contributed by atoms with Gasteiger partial charge in [0.2, 0.25) is 17.7 Å². The molecule has 1 heterocycles. The van der Waals surface area contributed by atoms with Crippen LogP contribution in [0.1, 0.15) is 25.3 Å². The molecule has 178 valence electrons. The van der Waals surface area contributed by atoms with Crippen LogP contribution in [0.15, 0.2) is 30.5 Å². The highest BCUT2D eigenvalue weighted by Gasteiger charge is 2.29. The van der Waals surface area contributed by atoms with Gasteiger partial charge in [0.1, 0.15) is 18.1 Å². The number of para-hydroxylation sites is 1. The van der Waals surface area contributed by atoms with E-state index in [4.69, 9.17) is 15.9 Å². The number of carboxylic acids is 2. The van der Waals surface area contributed by atoms with Gasteiger partial charge in [-0.15, -0.1) is 0 Å². The largest absolute Gasteiger partial charge is 0.481 e. The number of benzene rings is 1. The molecule has 12 heteroatoms. The number of rotatable bonds is 12. The number of nitrogens with one attached hydrogen (secondary N) is 4. The molecule has 3 atom stereocenters. The Morgan fingerprint density at radius 2 is 1.67 bits per heavy atom. The maximum absolute atomic E-state index is 13.0. The second-order valence-electron chi connectivity index (χ2n) is 7.45. The topological polar surface area (TPSA) is 204 Å². The third-order valence-corrected chi connectivity index (χ3v) is 4.95. The van der Waals surface area contributed by atoms with Gasteiger partial charge in [-0.3, -0.25) is 24.0 Å². The maximum atomic E-state index is 13.0. The highest BCUT2D eigenvalue weighted by atomic mass is 16.4. The van der Waals surface area contributed by atoms with Crippen molar-refractivity contribution in [2.24, 2.45) is 5.73 Å². The summed E-state index contributed by atoms with van der Waals surface area (Å²) in [6.07, 6.45) is 1.05. The molecular weight excluding hydrogens is 434 g/mol. The molecule has 0 aliphatic carbocycles. The second-order valence-corrected chi connectivity index (χ2v) is 7.45. The molecule has 8 N–H and O–H groups in total. The summed E-state index contributed by atoms with van der Waals surface area (Å²) in [7, 11) is 0. The number of aliphatic carboxylic acids is 2. The molecule has 33 heavy (non-hydrogen) atoms. The first-order valence-electron chi connectivity index (χ1n) is 10.2. The Morgan fingerprint density at radius 3 is 2.30 bits per heavy atom. The van der Waals surface area contributed by atoms with Gasteiger partial charge in [0, 0.05) is 29.9 Å². The van der Waals surface area contributed by atoms with Crippen LogP contribution >= 0.6 is 0 Å². The van der Waals surface area contributed by atoms with Crippen molar-refractivity contribution in [3.63, 3.8) is 0 Å². The van der Waals surface area contributed by atoms with Crippen molar-refractivity contribution >= 4 is 40.6 Å². The minimum absolute atomic E-state index is 0.0698. The van der Waals surface area contributed by atoms with Crippen LogP contribution in [0.2, 0.25) is 0 Å². The van der Waals surface area contributed by atoms with E-state index in [1.165, 1.54) is 6.92 Å². The summed E-state index contributed by atoms with van der Waals surface area (Å²) in [6.45, 7) is 0.869. The summed E-state index contributed by atoms with van der Waals surface area (Å²) in [4.78, 5) is 62.5. The van der Waals surface area contributed by atoms with Crippen LogP contribution in [0.3, 0.4) is 0 Å². The Hall–Kier alpha value is -3.93. The molecule has 1 aromatic carbocycles. The summed E-state index contributed by atoms with van der Waals surface area (Å²) < 4.78 is 0. The lowest BCUT2D eigenvalue weighted by molar-refractivity contribution is -0.142. The molecule has 0 fully saturated rings. The lowest BCUT2D eigenvalue weighted by Crippen LogP contribution is -2.56. The van der Waals surface area contributed by atoms with Crippen molar-refractivity contribution in [3.05, 3.63) is 36.0 Å². The zero-order valence-corrected chi connectivity index (χ0v) is 18.0. The molecule has 0 spiro atoms. The van der Waals surface area contributed by atoms with E-state index in [1.807, 2.05) is 24.3 Å². The average Bonchev–Trinajstić information content (AvgIpc) is 3.18. The van der Waals surface area contributed by atoms with Crippen LogP contribution in [0.4, 0.5) is 0 Å². The van der Waals surface area contributed by atoms with Crippen LogP contribution in [0.25, 0.3) is 10.9 Å². The van der Waals surface area contributed by atoms with Crippen LogP contribution in [0.5, 0.6) is 0 Å². The first kappa shape index (κ1) is 25.3. The molecule has 3 unspecified atom stereocenters. The van der Waals surface area contributed by atoms with Crippen molar-refractivity contribution in [1.29, 1.82) is 0 Å². The Balaban J connectivity index is 2.23. The third-order valence-electron chi connectivity index (χ3n) is 4.95. The van der Waals surface area contributed by atoms with Crippen LogP contribution in [-0.2, 0) is 30.4 Å². The lowest BCUT2D eigenvalue weighted by Gasteiger charge is -2.23. The normalized spacial score (nSPS) is 13.5. The van der Waals surface area contributed by atoms with Gasteiger partial charge in [-0.05, 0) is 25.0 Å². The smallest absolute Gasteiger partial charge is 0.325 e. The number of nitrogens with two attached hydrogens (primary N) is 1. The molecular formula is C21H27N5O7. The van der Waals surface area contributed by atoms with Gasteiger partial charge in [-0.2, -0.15) is 0 Å². The van der Waals surface area contributed by atoms with Crippen LogP contribution in [-0.4, -0.2) is 69.5 Å². The Kier molecular flexibility index (Phi) is 8.92. The Labute approximate surface area is 188 Å². The van der Waals surface area contributed by atoms with E-state index in [2.05, 4.69) is 20.9 Å². The summed E-state index contributed by atoms with van der Waals surface area (Å²) in [5.41, 5.74) is 6.93. The van der Waals surface area contributed by atoms with Gasteiger partial charge in [0.25, 0.3) is 0 Å². The monoisotopic (exact) mass is 461 g/mol. The van der Waals surface area contributed by atoms with Crippen molar-refractivity contribution in [1.82, 2.24) is 20.9 Å². The molecule has 0 saturated heterocycles. The highest BCUT2D eigenvalue weighted by molar-refractivity contribution is 5.94. The number of amides is 3. The van der Waals surface area contributed by atoms with Crippen LogP contribution < -0.4 is 21.7 Å². The predicted octanol–water partition coefficient (Wildman–Crippen LogP) is -0.907. The zero-order chi connectivity index (χ0) is 24.5. The number of fused-ring (bicyclic) bond motifs is 1. The quantitative estimate of drug-likeness (QED) is 0.210. The average molecular weight is 461 g/mol. The molecule has 3 amide bonds. The fraction of sp³-hybridized carbons (Fsp3) is 0.381. The van der Waals surface area contributed by atoms with Gasteiger partial charge in [-0.25, -0.2) is 0 Å². The SMILES string of the molecule is CC(NC(=O)C(CCC(=O)O)NC(=O)C(Cc1c[nH]c2ccccc12)NC(=O)CN)C(=O)O. The molecule has 2 aromatic rings. The first-order chi connectivity index (χ1) is 15.6. The fourth-order valence-corrected chi connectivity index (χ4v) is 3.17. The van der Waals surface area contributed by atoms with Gasteiger partial charge in [-0.1, -0.05) is 18.2 Å². The highest BCUT2D eigenvalue weighted by Crippen LogP contribution is 2.19. The van der Waals surface area contributed by atoms with Gasteiger partial charge in [0.15, 0.2) is 0 Å². The van der Waals surface area contributed by atoms with Crippen molar-refractivity contribution in [2.75, 3.05) is 6.54 Å². The van der Waals surface area contributed by atoms with Crippen molar-refractivity contribution in [3.8, 4) is 0 Å². The number of H-pyrrole nitrogens is 1. The van der Waals surface area contributed by atoms with E-state index in [1.54, 1.807) is 6.20 Å². The van der Waals surface area contributed by atoms with Gasteiger partial charge < -0.3 is 36.9 Å². The summed E-state index contributed by atoms with van der Waals surface area (Å²) >= 11 is 0. The fourth-order valence-electron chi connectivity index (χ4n) is 3.17. The second kappa shape index (κ2) is 11.6. The van der Waals surface area contributed by atoms with E-state index in [0.29, 0.717) is 0 Å². The summed E-state index contributed by atoms with van der Waals surface area (Å²) in [5.74, 6) is -4.67. The molecule has 12 nitrogen and oxygen atoms in total. The standard InChI is InChI=1S/C21H27N5O7/c1-11(21(32)33)24-19(30)15(6-7-18(28)29)26-20(31)16(25-17(27)9-22)8-12-10-23-14-5-3-2-4-13(12)14/h2-5,10-11,15-16,23H,6-9,22H2,1H3,(H,24,30)(H,25,27)(H,26,31)(H,28,29)(H,32,33). The van der Waals surface area contributed by atoms with Crippen molar-refractivity contribution in [2.45, 2.75) is 44.3 Å². The predicted molar refractivity (Wildman–Crippen MR) is 117 cm³/mol. The van der Waals surface area contributed by atoms with Gasteiger partial charge in [0.05, 0.1) is 6.54 Å². The molecule has 0 radical (unpaired) electrons. The number of carbonyl (C=O) groups excluding carboxylic acids is 3. The molecule has 1 aromatic heterocycles. The van der Waals surface area contributed by atoms with Crippen LogP contribution in [0, 0.1) is 0 Å². The zero-order valence-electron chi connectivity index (χ0n) is 18.0. The number of carboxylic acid groups (broad SMARTS) is 2. The van der Waals surface area contributed by atoms with E-state index < -0.39 is 54.2 Å². The number of hydrogen-bond acceptors (Lipinski definition) is 6. The number of aromatic amines is 1. The van der Waals surface area contributed by atoms with E-state index in [0.717, 1.165) is 16.5 Å². The third kappa shape index (κ3) is 7.31. The Bertz CT molecular complexity index is 1030. The molecule has 2 rings (SSSR count). The molecule has 0 bridgehead atoms. The molecule has 0 saturated carbocycles. The molecule has 0 aliphatic heterocycles. The minimum Gasteiger partial charge on any atom is -0.481 e. The van der Waals surface area contributed by atoms with E-state index in [9.17, 15) is 24.0 Å². The number of aromatic nitrogens is 1. The van der Waals surface area contributed by atoms with Crippen molar-refractivity contribution < 1.29 is 34.2 Å².